The molecule has 0 unspecified atom stereocenters. The van der Waals surface area contributed by atoms with Crippen molar-refractivity contribution in [3.63, 3.8) is 0 Å². The summed E-state index contributed by atoms with van der Waals surface area (Å²) in [5.41, 5.74) is 1.78. The fourth-order valence-electron chi connectivity index (χ4n) is 3.48. The largest absolute Gasteiger partial charge is 0.422 e. The average Bonchev–Trinajstić information content (AvgIpc) is 2.67. The minimum absolute atomic E-state index is 0.128. The molecule has 0 saturated carbocycles. The number of amides is 1. The van der Waals surface area contributed by atoms with E-state index in [0.717, 1.165) is 11.6 Å². The number of nitrogens with one attached hydrogen (secondary N) is 1. The first kappa shape index (κ1) is 19.5. The second kappa shape index (κ2) is 7.55. The number of anilines is 1. The topological polar surface area (TPSA) is 59.3 Å². The highest BCUT2D eigenvalue weighted by atomic mass is 19.1. The van der Waals surface area contributed by atoms with Gasteiger partial charge in [-0.1, -0.05) is 42.0 Å². The van der Waals surface area contributed by atoms with Crippen molar-refractivity contribution in [1.82, 2.24) is 0 Å². The zero-order valence-electron chi connectivity index (χ0n) is 16.3. The molecule has 1 amide bonds. The van der Waals surface area contributed by atoms with Crippen LogP contribution >= 0.6 is 0 Å². The zero-order chi connectivity index (χ0) is 21.4. The fraction of sp³-hybridized carbons (Fsp3) is 0.0833. The summed E-state index contributed by atoms with van der Waals surface area (Å²) < 4.78 is 33.7. The third-order valence-corrected chi connectivity index (χ3v) is 4.74. The standard InChI is InChI=1S/C24H17F2NO3/c1-13-6-8-15(9-7-13)23-21(16-10-17(25)12-18(26)11-16)19-4-3-5-20(27-14(2)28)22(19)24(29)30-23/h3-12H,1-2H3,(H,27,28). The molecule has 0 fully saturated rings. The van der Waals surface area contributed by atoms with Crippen molar-refractivity contribution < 1.29 is 18.0 Å². The Morgan fingerprint density at radius 3 is 2.23 bits per heavy atom. The van der Waals surface area contributed by atoms with E-state index in [4.69, 9.17) is 4.42 Å². The molecule has 6 heteroatoms. The molecule has 0 spiro atoms. The second-order valence-corrected chi connectivity index (χ2v) is 7.03. The summed E-state index contributed by atoms with van der Waals surface area (Å²) in [6, 6.07) is 15.3. The predicted octanol–water partition coefficient (Wildman–Crippen LogP) is 5.67. The number of hydrogen-bond donors (Lipinski definition) is 1. The first-order valence-electron chi connectivity index (χ1n) is 9.24. The predicted molar refractivity (Wildman–Crippen MR) is 112 cm³/mol. The van der Waals surface area contributed by atoms with Gasteiger partial charge in [-0.25, -0.2) is 13.6 Å². The smallest absolute Gasteiger partial charge is 0.346 e. The van der Waals surface area contributed by atoms with Crippen molar-refractivity contribution in [3.8, 4) is 22.5 Å². The first-order chi connectivity index (χ1) is 14.3. The third kappa shape index (κ3) is 3.59. The van der Waals surface area contributed by atoms with Gasteiger partial charge in [0.1, 0.15) is 17.4 Å². The Kier molecular flexibility index (Phi) is 4.91. The molecule has 1 heterocycles. The van der Waals surface area contributed by atoms with E-state index in [0.29, 0.717) is 16.5 Å². The molecule has 0 aliphatic rings. The van der Waals surface area contributed by atoms with Crippen molar-refractivity contribution in [3.05, 3.63) is 88.3 Å². The van der Waals surface area contributed by atoms with Gasteiger partial charge in [0.05, 0.1) is 11.1 Å². The lowest BCUT2D eigenvalue weighted by atomic mass is 9.94. The van der Waals surface area contributed by atoms with E-state index in [1.54, 1.807) is 30.3 Å². The molecule has 30 heavy (non-hydrogen) atoms. The van der Waals surface area contributed by atoms with Crippen molar-refractivity contribution in [2.24, 2.45) is 0 Å². The summed E-state index contributed by atoms with van der Waals surface area (Å²) in [6.07, 6.45) is 0. The molecule has 1 aromatic heterocycles. The van der Waals surface area contributed by atoms with E-state index < -0.39 is 17.3 Å². The number of aryl methyl sites for hydroxylation is 1. The molecule has 3 aromatic carbocycles. The normalized spacial score (nSPS) is 10.9. The molecule has 0 aliphatic heterocycles. The lowest BCUT2D eigenvalue weighted by Crippen LogP contribution is -2.11. The maximum absolute atomic E-state index is 14.0. The Morgan fingerprint density at radius 1 is 0.933 bits per heavy atom. The van der Waals surface area contributed by atoms with Crippen LogP contribution in [0.3, 0.4) is 0 Å². The van der Waals surface area contributed by atoms with Gasteiger partial charge < -0.3 is 9.73 Å². The Balaban J connectivity index is 2.14. The molecular formula is C24H17F2NO3. The zero-order valence-corrected chi connectivity index (χ0v) is 16.3. The lowest BCUT2D eigenvalue weighted by Gasteiger charge is -2.14. The van der Waals surface area contributed by atoms with Crippen molar-refractivity contribution in [2.45, 2.75) is 13.8 Å². The van der Waals surface area contributed by atoms with Gasteiger partial charge >= 0.3 is 5.63 Å². The molecule has 0 saturated heterocycles. The maximum Gasteiger partial charge on any atom is 0.346 e. The third-order valence-electron chi connectivity index (χ3n) is 4.74. The van der Waals surface area contributed by atoms with E-state index in [9.17, 15) is 18.4 Å². The Morgan fingerprint density at radius 2 is 1.60 bits per heavy atom. The van der Waals surface area contributed by atoms with Crippen LogP contribution in [0.1, 0.15) is 12.5 Å². The molecule has 0 atom stereocenters. The van der Waals surface area contributed by atoms with Gasteiger partial charge in [0.2, 0.25) is 5.91 Å². The summed E-state index contributed by atoms with van der Waals surface area (Å²) in [7, 11) is 0. The molecule has 0 aliphatic carbocycles. The summed E-state index contributed by atoms with van der Waals surface area (Å²) >= 11 is 0. The van der Waals surface area contributed by atoms with Gasteiger partial charge in [-0.3, -0.25) is 4.79 Å². The molecule has 1 N–H and O–H groups in total. The molecule has 4 nitrogen and oxygen atoms in total. The molecule has 4 rings (SSSR count). The van der Waals surface area contributed by atoms with Gasteiger partial charge in [0, 0.05) is 29.5 Å². The number of halogens is 2. The number of rotatable bonds is 3. The van der Waals surface area contributed by atoms with Crippen molar-refractivity contribution in [2.75, 3.05) is 5.32 Å². The molecule has 0 bridgehead atoms. The van der Waals surface area contributed by atoms with E-state index in [-0.39, 0.29) is 28.3 Å². The quantitative estimate of drug-likeness (QED) is 0.478. The van der Waals surface area contributed by atoms with Crippen LogP contribution in [0.2, 0.25) is 0 Å². The van der Waals surface area contributed by atoms with Crippen LogP contribution in [-0.2, 0) is 4.79 Å². The highest BCUT2D eigenvalue weighted by Crippen LogP contribution is 2.39. The van der Waals surface area contributed by atoms with Gasteiger partial charge in [0.25, 0.3) is 0 Å². The Hall–Kier alpha value is -3.80. The van der Waals surface area contributed by atoms with Gasteiger partial charge in [-0.2, -0.15) is 0 Å². The van der Waals surface area contributed by atoms with Crippen LogP contribution < -0.4 is 10.9 Å². The number of hydrogen-bond acceptors (Lipinski definition) is 3. The Bertz CT molecular complexity index is 1320. The summed E-state index contributed by atoms with van der Waals surface area (Å²) in [6.45, 7) is 3.24. The van der Waals surface area contributed by atoms with Crippen molar-refractivity contribution in [1.29, 1.82) is 0 Å². The Labute approximate surface area is 170 Å². The van der Waals surface area contributed by atoms with Crippen molar-refractivity contribution >= 4 is 22.4 Å². The highest BCUT2D eigenvalue weighted by molar-refractivity contribution is 6.08. The monoisotopic (exact) mass is 405 g/mol. The molecule has 0 radical (unpaired) electrons. The van der Waals surface area contributed by atoms with Gasteiger partial charge in [0.15, 0.2) is 0 Å². The first-order valence-corrected chi connectivity index (χ1v) is 9.24. The van der Waals surface area contributed by atoms with Gasteiger partial charge in [-0.15, -0.1) is 0 Å². The van der Waals surface area contributed by atoms with Crippen LogP contribution in [0.4, 0.5) is 14.5 Å². The lowest BCUT2D eigenvalue weighted by molar-refractivity contribution is -0.114. The minimum atomic E-state index is -0.753. The molecular weight excluding hydrogens is 388 g/mol. The number of fused-ring (bicyclic) bond motifs is 1. The van der Waals surface area contributed by atoms with E-state index >= 15 is 0 Å². The molecule has 4 aromatic rings. The summed E-state index contributed by atoms with van der Waals surface area (Å²) in [5, 5.41) is 3.15. The van der Waals surface area contributed by atoms with Gasteiger partial charge in [-0.05, 0) is 30.7 Å². The second-order valence-electron chi connectivity index (χ2n) is 7.03. The highest BCUT2D eigenvalue weighted by Gasteiger charge is 2.20. The molecule has 150 valence electrons. The van der Waals surface area contributed by atoms with E-state index in [2.05, 4.69) is 5.32 Å². The SMILES string of the molecule is CC(=O)Nc1cccc2c(-c3cc(F)cc(F)c3)c(-c3ccc(C)cc3)oc(=O)c12. The van der Waals surface area contributed by atoms with Crippen LogP contribution in [0.5, 0.6) is 0 Å². The van der Waals surface area contributed by atoms with Crippen LogP contribution in [-0.4, -0.2) is 5.91 Å². The summed E-state index contributed by atoms with van der Waals surface area (Å²) in [4.78, 5) is 24.5. The van der Waals surface area contributed by atoms with Crippen LogP contribution in [0.25, 0.3) is 33.2 Å². The average molecular weight is 405 g/mol. The fourth-order valence-corrected chi connectivity index (χ4v) is 3.48. The van der Waals surface area contributed by atoms with Crippen LogP contribution in [0.15, 0.2) is 69.9 Å². The van der Waals surface area contributed by atoms with E-state index in [1.807, 2.05) is 19.1 Å². The summed E-state index contributed by atoms with van der Waals surface area (Å²) in [5.74, 6) is -1.67. The minimum Gasteiger partial charge on any atom is -0.422 e. The van der Waals surface area contributed by atoms with Crippen LogP contribution in [0, 0.1) is 18.6 Å². The maximum atomic E-state index is 14.0. The number of carbonyl (C=O) groups is 1. The van der Waals surface area contributed by atoms with E-state index in [1.165, 1.54) is 19.1 Å². The number of benzene rings is 3. The number of carbonyl (C=O) groups excluding carboxylic acids is 1.